The molecule has 0 unspecified atom stereocenters. The van der Waals surface area contributed by atoms with E-state index in [1.54, 1.807) is 0 Å². The summed E-state index contributed by atoms with van der Waals surface area (Å²) in [7, 11) is 0. The average Bonchev–Trinajstić information content (AvgIpc) is 2.63. The molecule has 0 N–H and O–H groups in total. The number of aryl methyl sites for hydroxylation is 5. The van der Waals surface area contributed by atoms with E-state index in [0.717, 1.165) is 0 Å². The predicted molar refractivity (Wildman–Crippen MR) is 67.8 cm³/mol. The van der Waals surface area contributed by atoms with Gasteiger partial charge in [0.15, 0.2) is 0 Å². The molecule has 0 fully saturated rings. The summed E-state index contributed by atoms with van der Waals surface area (Å²) in [6.07, 6.45) is 0. The Bertz CT molecular complexity index is 382. The molecule has 0 aliphatic carbocycles. The molecule has 0 nitrogen and oxygen atoms in total. The van der Waals surface area contributed by atoms with Crippen molar-refractivity contribution < 1.29 is 17.1 Å². The van der Waals surface area contributed by atoms with E-state index >= 15 is 0 Å². The molecule has 0 aliphatic rings. The molecule has 0 amide bonds. The van der Waals surface area contributed by atoms with E-state index in [1.807, 2.05) is 0 Å². The van der Waals surface area contributed by atoms with Gasteiger partial charge in [0.25, 0.3) is 0 Å². The molecular formula is C15H20Fe-6. The Morgan fingerprint density at radius 3 is 1.38 bits per heavy atom. The molecule has 2 rings (SSSR count). The number of hydrogen-bond donors (Lipinski definition) is 0. The minimum absolute atomic E-state index is 0. The molecule has 0 heterocycles. The molecule has 0 spiro atoms. The van der Waals surface area contributed by atoms with Crippen molar-refractivity contribution in [2.24, 2.45) is 0 Å². The van der Waals surface area contributed by atoms with Crippen LogP contribution in [0.15, 0.2) is 30.3 Å². The van der Waals surface area contributed by atoms with Crippen LogP contribution in [-0.2, 0) is 17.1 Å². The zero-order valence-corrected chi connectivity index (χ0v) is 11.8. The van der Waals surface area contributed by atoms with Crippen molar-refractivity contribution in [1.82, 2.24) is 0 Å². The largest absolute Gasteiger partial charge is 0.747 e. The minimum Gasteiger partial charge on any atom is -0.747 e. The Labute approximate surface area is 110 Å². The monoisotopic (exact) mass is 256 g/mol. The van der Waals surface area contributed by atoms with Gasteiger partial charge in [0.05, 0.1) is 0 Å². The van der Waals surface area contributed by atoms with Gasteiger partial charge < -0.3 is 29.3 Å². The summed E-state index contributed by atoms with van der Waals surface area (Å²) >= 11 is 0. The molecule has 0 bridgehead atoms. The van der Waals surface area contributed by atoms with Gasteiger partial charge in [-0.05, 0) is 0 Å². The summed E-state index contributed by atoms with van der Waals surface area (Å²) in [6.45, 7) is 10.6. The molecule has 16 heavy (non-hydrogen) atoms. The normalized spacial score (nSPS) is 9.06. The third-order valence-corrected chi connectivity index (χ3v) is 2.82. The maximum atomic E-state index is 2.20. The van der Waals surface area contributed by atoms with E-state index < -0.39 is 0 Å². The second kappa shape index (κ2) is 6.73. The zero-order valence-electron chi connectivity index (χ0n) is 10.7. The molecule has 0 atom stereocenters. The average molecular weight is 256 g/mol. The topological polar surface area (TPSA) is 0 Å². The van der Waals surface area contributed by atoms with Gasteiger partial charge in [0.2, 0.25) is 0 Å². The molecule has 94 valence electrons. The molecule has 0 aliphatic heterocycles. The number of hydrogen-bond acceptors (Lipinski definition) is 0. The molecule has 0 radical (unpaired) electrons. The molecule has 2 aromatic rings. The Morgan fingerprint density at radius 1 is 0.875 bits per heavy atom. The van der Waals surface area contributed by atoms with Crippen LogP contribution >= 0.6 is 0 Å². The van der Waals surface area contributed by atoms with Gasteiger partial charge in [0.1, 0.15) is 0 Å². The van der Waals surface area contributed by atoms with Crippen molar-refractivity contribution >= 4 is 0 Å². The van der Waals surface area contributed by atoms with Crippen molar-refractivity contribution in [2.75, 3.05) is 0 Å². The van der Waals surface area contributed by atoms with Crippen molar-refractivity contribution in [3.8, 4) is 0 Å². The van der Waals surface area contributed by atoms with E-state index in [1.165, 1.54) is 27.8 Å². The van der Waals surface area contributed by atoms with Crippen LogP contribution in [0.25, 0.3) is 0 Å². The molecular weight excluding hydrogens is 236 g/mol. The molecule has 1 heteroatoms. The summed E-state index contributed by atoms with van der Waals surface area (Å²) in [6, 6.07) is 10.7. The second-order valence-corrected chi connectivity index (χ2v) is 4.29. The van der Waals surface area contributed by atoms with Gasteiger partial charge in [-0.15, -0.1) is 0 Å². The van der Waals surface area contributed by atoms with Crippen molar-refractivity contribution in [3.05, 3.63) is 58.1 Å². The molecule has 0 saturated heterocycles. The van der Waals surface area contributed by atoms with Crippen molar-refractivity contribution in [2.45, 2.75) is 34.6 Å². The maximum absolute atomic E-state index is 2.20. The van der Waals surface area contributed by atoms with Crippen LogP contribution in [-0.4, -0.2) is 0 Å². The van der Waals surface area contributed by atoms with Gasteiger partial charge in [-0.2, -0.15) is 28.8 Å². The van der Waals surface area contributed by atoms with Crippen LogP contribution in [0.4, 0.5) is 0 Å². The Hall–Kier alpha value is -0.781. The standard InChI is InChI=1S/C8H11.C7H9.Fe/c1-6-4-7(2)8(3)5-6;1-6-4-3-5-7(6)2;/h4-5H,1-3H3;3-5H,1-2H3;/q-1;-5;. The van der Waals surface area contributed by atoms with Gasteiger partial charge in [-0.1, -0.05) is 20.8 Å². The fraction of sp³-hybridized carbons (Fsp3) is 0.333. The minimum atomic E-state index is 0. The van der Waals surface area contributed by atoms with Gasteiger partial charge in [-0.3, -0.25) is 0 Å². The summed E-state index contributed by atoms with van der Waals surface area (Å²) in [5.74, 6) is 0. The molecule has 2 aromatic carbocycles. The fourth-order valence-corrected chi connectivity index (χ4v) is 1.55. The van der Waals surface area contributed by atoms with Crippen LogP contribution < -0.4 is 0 Å². The van der Waals surface area contributed by atoms with Gasteiger partial charge in [0, 0.05) is 17.1 Å². The van der Waals surface area contributed by atoms with E-state index in [0.29, 0.717) is 0 Å². The number of rotatable bonds is 0. The van der Waals surface area contributed by atoms with Gasteiger partial charge >= 0.3 is 0 Å². The first-order valence-corrected chi connectivity index (χ1v) is 5.40. The van der Waals surface area contributed by atoms with Crippen LogP contribution in [0.2, 0.25) is 0 Å². The van der Waals surface area contributed by atoms with Gasteiger partial charge in [-0.25, -0.2) is 13.8 Å². The quantitative estimate of drug-likeness (QED) is 0.485. The summed E-state index contributed by atoms with van der Waals surface area (Å²) in [5, 5.41) is 0. The third-order valence-electron chi connectivity index (χ3n) is 2.82. The fourth-order valence-electron chi connectivity index (χ4n) is 1.55. The van der Waals surface area contributed by atoms with Crippen molar-refractivity contribution in [3.63, 3.8) is 0 Å². The van der Waals surface area contributed by atoms with E-state index in [-0.39, 0.29) is 17.1 Å². The maximum Gasteiger partial charge on any atom is 0 e. The molecule has 0 saturated carbocycles. The van der Waals surface area contributed by atoms with E-state index in [4.69, 9.17) is 0 Å². The van der Waals surface area contributed by atoms with E-state index in [9.17, 15) is 0 Å². The van der Waals surface area contributed by atoms with E-state index in [2.05, 4.69) is 65.0 Å². The first kappa shape index (κ1) is 15.2. The van der Waals surface area contributed by atoms with Crippen LogP contribution in [0, 0.1) is 34.6 Å². The second-order valence-electron chi connectivity index (χ2n) is 4.29. The van der Waals surface area contributed by atoms with Crippen molar-refractivity contribution in [1.29, 1.82) is 0 Å². The smallest absolute Gasteiger partial charge is 0 e. The molecule has 0 aromatic heterocycles. The SMILES string of the molecule is C[c-]1[cH-][cH-][cH-][c-]1C.Cc1c[c-](C)cc1C.[Fe]. The first-order chi connectivity index (χ1) is 7.00. The summed E-state index contributed by atoms with van der Waals surface area (Å²) in [4.78, 5) is 0. The Kier molecular flexibility index (Phi) is 6.40. The van der Waals surface area contributed by atoms with Crippen LogP contribution in [0.1, 0.15) is 27.8 Å². The van der Waals surface area contributed by atoms with Crippen LogP contribution in [0.3, 0.4) is 0 Å². The Balaban J connectivity index is 0.000000267. The zero-order chi connectivity index (χ0) is 11.4. The predicted octanol–water partition coefficient (Wildman–Crippen LogP) is 4.35. The third kappa shape index (κ3) is 4.38. The summed E-state index contributed by atoms with van der Waals surface area (Å²) in [5.41, 5.74) is 6.96. The van der Waals surface area contributed by atoms with Crippen LogP contribution in [0.5, 0.6) is 0 Å². The summed E-state index contributed by atoms with van der Waals surface area (Å²) < 4.78 is 0. The Morgan fingerprint density at radius 2 is 1.25 bits per heavy atom. The first-order valence-electron chi connectivity index (χ1n) is 5.40.